The van der Waals surface area contributed by atoms with E-state index in [0.29, 0.717) is 11.1 Å². The highest BCUT2D eigenvalue weighted by Gasteiger charge is 2.32. The largest absolute Gasteiger partial charge is 0.416 e. The molecule has 0 amide bonds. The van der Waals surface area contributed by atoms with Gasteiger partial charge in [-0.3, -0.25) is 0 Å². The Bertz CT molecular complexity index is 399. The van der Waals surface area contributed by atoms with E-state index in [4.69, 9.17) is 10.5 Å². The molecular formula is C12H16F3NO. The first-order chi connectivity index (χ1) is 7.68. The van der Waals surface area contributed by atoms with Crippen LogP contribution in [0.4, 0.5) is 13.2 Å². The van der Waals surface area contributed by atoms with Crippen LogP contribution in [0.3, 0.4) is 0 Å². The van der Waals surface area contributed by atoms with Crippen LogP contribution in [0.1, 0.15) is 23.6 Å². The van der Waals surface area contributed by atoms with Crippen LogP contribution in [0.15, 0.2) is 18.2 Å². The average Bonchev–Trinajstić information content (AvgIpc) is 2.15. The van der Waals surface area contributed by atoms with Crippen molar-refractivity contribution in [2.24, 2.45) is 5.73 Å². The Morgan fingerprint density at radius 1 is 1.29 bits per heavy atom. The summed E-state index contributed by atoms with van der Waals surface area (Å²) in [5.41, 5.74) is 5.73. The number of methoxy groups -OCH3 is 1. The summed E-state index contributed by atoms with van der Waals surface area (Å²) in [4.78, 5) is 0. The third-order valence-electron chi connectivity index (χ3n) is 2.61. The monoisotopic (exact) mass is 247 g/mol. The molecule has 0 radical (unpaired) electrons. The second-order valence-electron chi connectivity index (χ2n) is 4.38. The number of ether oxygens (including phenoxy) is 1. The van der Waals surface area contributed by atoms with Gasteiger partial charge >= 0.3 is 6.18 Å². The van der Waals surface area contributed by atoms with Crippen molar-refractivity contribution in [1.29, 1.82) is 0 Å². The molecule has 0 heterocycles. The standard InChI is InChI=1S/C12H16F3NO/c1-8-6-9(12(13,14)15)4-5-10(8)11(2,16)7-17-3/h4-6H,7,16H2,1-3H3. The molecule has 5 heteroatoms. The first-order valence-corrected chi connectivity index (χ1v) is 5.14. The Morgan fingerprint density at radius 2 is 1.88 bits per heavy atom. The number of hydrogen-bond donors (Lipinski definition) is 1. The minimum Gasteiger partial charge on any atom is -0.382 e. The van der Waals surface area contributed by atoms with Crippen LogP contribution < -0.4 is 5.73 Å². The molecule has 1 unspecified atom stereocenters. The Balaban J connectivity index is 3.14. The second kappa shape index (κ2) is 4.66. The van der Waals surface area contributed by atoms with Crippen LogP contribution in [0.5, 0.6) is 0 Å². The van der Waals surface area contributed by atoms with Gasteiger partial charge in [-0.1, -0.05) is 6.07 Å². The van der Waals surface area contributed by atoms with E-state index in [1.165, 1.54) is 13.2 Å². The molecule has 1 rings (SSSR count). The third kappa shape index (κ3) is 3.20. The van der Waals surface area contributed by atoms with Crippen molar-refractivity contribution < 1.29 is 17.9 Å². The summed E-state index contributed by atoms with van der Waals surface area (Å²) < 4.78 is 42.4. The van der Waals surface area contributed by atoms with Gasteiger partial charge in [0.15, 0.2) is 0 Å². The maximum absolute atomic E-state index is 12.5. The summed E-state index contributed by atoms with van der Waals surface area (Å²) >= 11 is 0. The topological polar surface area (TPSA) is 35.2 Å². The number of alkyl halides is 3. The predicted octanol–water partition coefficient (Wildman–Crippen LogP) is 2.83. The molecule has 2 N–H and O–H groups in total. The molecule has 0 bridgehead atoms. The smallest absolute Gasteiger partial charge is 0.382 e. The van der Waals surface area contributed by atoms with E-state index in [1.807, 2.05) is 0 Å². The van der Waals surface area contributed by atoms with Gasteiger partial charge < -0.3 is 10.5 Å². The molecule has 0 aliphatic rings. The predicted molar refractivity (Wildman–Crippen MR) is 59.6 cm³/mol. The number of nitrogens with two attached hydrogens (primary N) is 1. The normalized spacial score (nSPS) is 15.7. The molecule has 0 fully saturated rings. The zero-order valence-electron chi connectivity index (χ0n) is 10.1. The minimum atomic E-state index is -4.32. The number of hydrogen-bond acceptors (Lipinski definition) is 2. The van der Waals surface area contributed by atoms with Crippen molar-refractivity contribution in [2.75, 3.05) is 13.7 Å². The van der Waals surface area contributed by atoms with Crippen LogP contribution in [-0.4, -0.2) is 13.7 Å². The van der Waals surface area contributed by atoms with Crippen molar-refractivity contribution in [3.63, 3.8) is 0 Å². The van der Waals surface area contributed by atoms with Gasteiger partial charge in [0.25, 0.3) is 0 Å². The Morgan fingerprint density at radius 3 is 2.29 bits per heavy atom. The van der Waals surface area contributed by atoms with Gasteiger partial charge in [-0.05, 0) is 37.1 Å². The van der Waals surface area contributed by atoms with E-state index in [1.54, 1.807) is 13.8 Å². The molecule has 0 aromatic heterocycles. The lowest BCUT2D eigenvalue weighted by Crippen LogP contribution is -2.38. The summed E-state index contributed by atoms with van der Waals surface area (Å²) in [5.74, 6) is 0. The molecule has 0 spiro atoms. The number of benzene rings is 1. The van der Waals surface area contributed by atoms with E-state index >= 15 is 0 Å². The Labute approximate surface area is 98.6 Å². The minimum absolute atomic E-state index is 0.249. The lowest BCUT2D eigenvalue weighted by molar-refractivity contribution is -0.137. The quantitative estimate of drug-likeness (QED) is 0.891. The molecule has 0 aliphatic heterocycles. The molecule has 17 heavy (non-hydrogen) atoms. The van der Waals surface area contributed by atoms with Gasteiger partial charge in [-0.2, -0.15) is 13.2 Å². The fourth-order valence-corrected chi connectivity index (χ4v) is 1.86. The highest BCUT2D eigenvalue weighted by molar-refractivity contribution is 5.36. The van der Waals surface area contributed by atoms with Crippen molar-refractivity contribution >= 4 is 0 Å². The van der Waals surface area contributed by atoms with Crippen LogP contribution in [0.25, 0.3) is 0 Å². The van der Waals surface area contributed by atoms with Crippen molar-refractivity contribution in [3.8, 4) is 0 Å². The number of rotatable bonds is 3. The molecule has 1 aromatic carbocycles. The maximum atomic E-state index is 12.5. The molecule has 96 valence electrons. The van der Waals surface area contributed by atoms with E-state index in [2.05, 4.69) is 0 Å². The van der Waals surface area contributed by atoms with Gasteiger partial charge in [0, 0.05) is 7.11 Å². The molecule has 2 nitrogen and oxygen atoms in total. The SMILES string of the molecule is COCC(C)(N)c1ccc(C(F)(F)F)cc1C. The molecule has 0 aliphatic carbocycles. The maximum Gasteiger partial charge on any atom is 0.416 e. The number of halogens is 3. The summed E-state index contributed by atoms with van der Waals surface area (Å²) in [6.07, 6.45) is -4.32. The van der Waals surface area contributed by atoms with E-state index in [0.717, 1.165) is 12.1 Å². The highest BCUT2D eigenvalue weighted by atomic mass is 19.4. The zero-order valence-corrected chi connectivity index (χ0v) is 10.1. The van der Waals surface area contributed by atoms with Gasteiger partial charge in [0.1, 0.15) is 0 Å². The molecule has 1 atom stereocenters. The van der Waals surface area contributed by atoms with E-state index < -0.39 is 17.3 Å². The van der Waals surface area contributed by atoms with Crippen LogP contribution in [0, 0.1) is 6.92 Å². The van der Waals surface area contributed by atoms with Crippen molar-refractivity contribution in [2.45, 2.75) is 25.6 Å². The lowest BCUT2D eigenvalue weighted by atomic mass is 9.89. The molecule has 1 aromatic rings. The lowest BCUT2D eigenvalue weighted by Gasteiger charge is -2.26. The van der Waals surface area contributed by atoms with Gasteiger partial charge in [-0.15, -0.1) is 0 Å². The second-order valence-corrected chi connectivity index (χ2v) is 4.38. The zero-order chi connectivity index (χ0) is 13.3. The molecule has 0 saturated carbocycles. The summed E-state index contributed by atoms with van der Waals surface area (Å²) in [5, 5.41) is 0. The fourth-order valence-electron chi connectivity index (χ4n) is 1.86. The van der Waals surface area contributed by atoms with Gasteiger partial charge in [0.2, 0.25) is 0 Å². The van der Waals surface area contributed by atoms with Crippen molar-refractivity contribution in [1.82, 2.24) is 0 Å². The molecule has 0 saturated heterocycles. The Hall–Kier alpha value is -1.07. The van der Waals surface area contributed by atoms with E-state index in [9.17, 15) is 13.2 Å². The summed E-state index contributed by atoms with van der Waals surface area (Å²) in [6.45, 7) is 3.59. The molecular weight excluding hydrogens is 231 g/mol. The first kappa shape index (κ1) is 14.0. The van der Waals surface area contributed by atoms with Crippen LogP contribution >= 0.6 is 0 Å². The van der Waals surface area contributed by atoms with Crippen LogP contribution in [0.2, 0.25) is 0 Å². The first-order valence-electron chi connectivity index (χ1n) is 5.14. The van der Waals surface area contributed by atoms with Gasteiger partial charge in [-0.25, -0.2) is 0 Å². The average molecular weight is 247 g/mol. The summed E-state index contributed by atoms with van der Waals surface area (Å²) in [7, 11) is 1.50. The van der Waals surface area contributed by atoms with Crippen molar-refractivity contribution in [3.05, 3.63) is 34.9 Å². The van der Waals surface area contributed by atoms with Gasteiger partial charge in [0.05, 0.1) is 17.7 Å². The highest BCUT2D eigenvalue weighted by Crippen LogP contribution is 2.32. The fraction of sp³-hybridized carbons (Fsp3) is 0.500. The van der Waals surface area contributed by atoms with Crippen LogP contribution in [-0.2, 0) is 16.5 Å². The Kier molecular flexibility index (Phi) is 3.84. The number of aryl methyl sites for hydroxylation is 1. The van der Waals surface area contributed by atoms with E-state index in [-0.39, 0.29) is 6.61 Å². The summed E-state index contributed by atoms with van der Waals surface area (Å²) in [6, 6.07) is 3.57. The third-order valence-corrected chi connectivity index (χ3v) is 2.61.